The second-order valence-corrected chi connectivity index (χ2v) is 4.94. The van der Waals surface area contributed by atoms with Gasteiger partial charge in [0.1, 0.15) is 12.4 Å². The number of nitrogens with zero attached hydrogens (tertiary/aromatic N) is 1. The van der Waals surface area contributed by atoms with Crippen LogP contribution in [0.5, 0.6) is 0 Å². The van der Waals surface area contributed by atoms with E-state index >= 15 is 0 Å². The van der Waals surface area contributed by atoms with Gasteiger partial charge in [-0.2, -0.15) is 0 Å². The molecule has 0 atom stereocenters. The Balaban J connectivity index is 1.63. The summed E-state index contributed by atoms with van der Waals surface area (Å²) in [5.41, 5.74) is 0.519. The van der Waals surface area contributed by atoms with Crippen molar-refractivity contribution in [1.29, 1.82) is 0 Å². The summed E-state index contributed by atoms with van der Waals surface area (Å²) >= 11 is 0. The minimum atomic E-state index is -0.279. The fourth-order valence-electron chi connectivity index (χ4n) is 2.09. The van der Waals surface area contributed by atoms with E-state index in [1.165, 1.54) is 6.07 Å². The van der Waals surface area contributed by atoms with Crippen molar-refractivity contribution in [2.45, 2.75) is 32.4 Å². The van der Waals surface area contributed by atoms with E-state index in [0.29, 0.717) is 12.0 Å². The molecule has 2 aromatic rings. The van der Waals surface area contributed by atoms with Crippen molar-refractivity contribution in [1.82, 2.24) is 5.32 Å². The standard InChI is InChI=1S/C17H19FN2O/c18-16-9-3-2-8-15(16)14-19-17(21)10-4-7-13-20-11-5-1-6-12-20/h1-3,5-6,8-9,11-12H,4,7,10,13-14H2/p+1. The van der Waals surface area contributed by atoms with Crippen LogP contribution in [0.15, 0.2) is 54.9 Å². The number of hydrogen-bond acceptors (Lipinski definition) is 1. The monoisotopic (exact) mass is 287 g/mol. The van der Waals surface area contributed by atoms with Gasteiger partial charge in [0.05, 0.1) is 0 Å². The van der Waals surface area contributed by atoms with E-state index in [-0.39, 0.29) is 18.3 Å². The number of carbonyl (C=O) groups excluding carboxylic acids is 1. The SMILES string of the molecule is O=C(CCCC[n+]1ccccc1)NCc1ccccc1F. The molecular formula is C17H20FN2O+. The maximum absolute atomic E-state index is 13.4. The number of amides is 1. The minimum Gasteiger partial charge on any atom is -0.352 e. The first kappa shape index (κ1) is 15.2. The molecule has 0 aliphatic rings. The predicted octanol–water partition coefficient (Wildman–Crippen LogP) is 2.60. The van der Waals surface area contributed by atoms with E-state index in [2.05, 4.69) is 9.88 Å². The molecule has 0 spiro atoms. The highest BCUT2D eigenvalue weighted by Gasteiger charge is 2.05. The van der Waals surface area contributed by atoms with Gasteiger partial charge < -0.3 is 5.32 Å². The van der Waals surface area contributed by atoms with Gasteiger partial charge in [-0.05, 0) is 12.5 Å². The van der Waals surface area contributed by atoms with Crippen molar-refractivity contribution in [3.63, 3.8) is 0 Å². The third kappa shape index (κ3) is 5.34. The number of unbranched alkanes of at least 4 members (excludes halogenated alkanes) is 1. The normalized spacial score (nSPS) is 10.3. The van der Waals surface area contributed by atoms with E-state index in [0.717, 1.165) is 19.4 Å². The predicted molar refractivity (Wildman–Crippen MR) is 78.7 cm³/mol. The first-order valence-electron chi connectivity index (χ1n) is 7.20. The van der Waals surface area contributed by atoms with Gasteiger partial charge in [-0.15, -0.1) is 0 Å². The first-order chi connectivity index (χ1) is 10.3. The Morgan fingerprint density at radius 1 is 1.05 bits per heavy atom. The van der Waals surface area contributed by atoms with Crippen LogP contribution in [0.25, 0.3) is 0 Å². The van der Waals surface area contributed by atoms with Gasteiger partial charge in [0.2, 0.25) is 5.91 Å². The summed E-state index contributed by atoms with van der Waals surface area (Å²) in [4.78, 5) is 11.7. The average molecular weight is 287 g/mol. The third-order valence-corrected chi connectivity index (χ3v) is 3.28. The molecule has 1 N–H and O–H groups in total. The fraction of sp³-hybridized carbons (Fsp3) is 0.294. The topological polar surface area (TPSA) is 33.0 Å². The zero-order chi connectivity index (χ0) is 14.9. The summed E-state index contributed by atoms with van der Waals surface area (Å²) < 4.78 is 15.5. The molecule has 0 fully saturated rings. The molecule has 0 aliphatic carbocycles. The highest BCUT2D eigenvalue weighted by atomic mass is 19.1. The summed E-state index contributed by atoms with van der Waals surface area (Å²) in [6, 6.07) is 12.4. The first-order valence-corrected chi connectivity index (χ1v) is 7.20. The van der Waals surface area contributed by atoms with Gasteiger partial charge in [0.25, 0.3) is 0 Å². The Labute approximate surface area is 124 Å². The van der Waals surface area contributed by atoms with Gasteiger partial charge in [0.15, 0.2) is 12.4 Å². The zero-order valence-electron chi connectivity index (χ0n) is 12.0. The minimum absolute atomic E-state index is 0.0312. The van der Waals surface area contributed by atoms with Gasteiger partial charge in [0, 0.05) is 37.1 Å². The molecule has 0 unspecified atom stereocenters. The van der Waals surface area contributed by atoms with Crippen LogP contribution >= 0.6 is 0 Å². The van der Waals surface area contributed by atoms with Crippen LogP contribution in [0.1, 0.15) is 24.8 Å². The second kappa shape index (κ2) is 8.15. The Morgan fingerprint density at radius 3 is 2.57 bits per heavy atom. The number of rotatable bonds is 7. The lowest BCUT2D eigenvalue weighted by Crippen LogP contribution is -2.32. The summed E-state index contributed by atoms with van der Waals surface area (Å²) in [6.45, 7) is 1.15. The Morgan fingerprint density at radius 2 is 1.81 bits per heavy atom. The molecular weight excluding hydrogens is 267 g/mol. The van der Waals surface area contributed by atoms with Crippen molar-refractivity contribution in [2.24, 2.45) is 0 Å². The molecule has 0 aliphatic heterocycles. The molecule has 0 bridgehead atoms. The molecule has 110 valence electrons. The molecule has 1 aromatic heterocycles. The Kier molecular flexibility index (Phi) is 5.88. The van der Waals surface area contributed by atoms with Crippen LogP contribution in [0.4, 0.5) is 4.39 Å². The molecule has 0 saturated carbocycles. The van der Waals surface area contributed by atoms with Gasteiger partial charge >= 0.3 is 0 Å². The molecule has 3 nitrogen and oxygen atoms in total. The van der Waals surface area contributed by atoms with Crippen molar-refractivity contribution in [2.75, 3.05) is 0 Å². The van der Waals surface area contributed by atoms with E-state index in [1.54, 1.807) is 18.2 Å². The zero-order valence-corrected chi connectivity index (χ0v) is 12.0. The largest absolute Gasteiger partial charge is 0.352 e. The average Bonchev–Trinajstić information content (AvgIpc) is 2.52. The van der Waals surface area contributed by atoms with Crippen molar-refractivity contribution in [3.05, 3.63) is 66.2 Å². The van der Waals surface area contributed by atoms with Gasteiger partial charge in [-0.1, -0.05) is 24.3 Å². The second-order valence-electron chi connectivity index (χ2n) is 4.94. The molecule has 21 heavy (non-hydrogen) atoms. The van der Waals surface area contributed by atoms with Crippen LogP contribution in [0.3, 0.4) is 0 Å². The summed E-state index contributed by atoms with van der Waals surface area (Å²) in [6.07, 6.45) is 6.27. The molecule has 2 rings (SSSR count). The highest BCUT2D eigenvalue weighted by Crippen LogP contribution is 2.05. The number of aromatic nitrogens is 1. The number of benzene rings is 1. The Bertz CT molecular complexity index is 572. The van der Waals surface area contributed by atoms with Crippen LogP contribution in [-0.2, 0) is 17.9 Å². The quantitative estimate of drug-likeness (QED) is 0.616. The highest BCUT2D eigenvalue weighted by molar-refractivity contribution is 5.75. The fourth-order valence-corrected chi connectivity index (χ4v) is 2.09. The maximum Gasteiger partial charge on any atom is 0.220 e. The maximum atomic E-state index is 13.4. The van der Waals surface area contributed by atoms with Gasteiger partial charge in [-0.25, -0.2) is 8.96 Å². The molecule has 1 amide bonds. The van der Waals surface area contributed by atoms with Crippen molar-refractivity contribution in [3.8, 4) is 0 Å². The summed E-state index contributed by atoms with van der Waals surface area (Å²) in [5.74, 6) is -0.311. The third-order valence-electron chi connectivity index (χ3n) is 3.28. The summed E-state index contributed by atoms with van der Waals surface area (Å²) in [5, 5.41) is 2.75. The lowest BCUT2D eigenvalue weighted by Gasteiger charge is -2.05. The van der Waals surface area contributed by atoms with Crippen LogP contribution in [0, 0.1) is 5.82 Å². The van der Waals surface area contributed by atoms with Crippen LogP contribution in [-0.4, -0.2) is 5.91 Å². The number of carbonyl (C=O) groups is 1. The molecule has 1 aromatic carbocycles. The van der Waals surface area contributed by atoms with Crippen LogP contribution in [0.2, 0.25) is 0 Å². The van der Waals surface area contributed by atoms with Crippen LogP contribution < -0.4 is 9.88 Å². The van der Waals surface area contributed by atoms with E-state index in [9.17, 15) is 9.18 Å². The van der Waals surface area contributed by atoms with Gasteiger partial charge in [-0.3, -0.25) is 4.79 Å². The van der Waals surface area contributed by atoms with E-state index < -0.39 is 0 Å². The van der Waals surface area contributed by atoms with E-state index in [4.69, 9.17) is 0 Å². The number of aryl methyl sites for hydroxylation is 1. The molecule has 4 heteroatoms. The Hall–Kier alpha value is -2.23. The number of pyridine rings is 1. The summed E-state index contributed by atoms with van der Waals surface area (Å²) in [7, 11) is 0. The van der Waals surface area contributed by atoms with Crippen molar-refractivity contribution >= 4 is 5.91 Å². The lowest BCUT2D eigenvalue weighted by atomic mass is 10.2. The lowest BCUT2D eigenvalue weighted by molar-refractivity contribution is -0.697. The van der Waals surface area contributed by atoms with E-state index in [1.807, 2.05) is 30.6 Å². The molecule has 1 heterocycles. The number of hydrogen-bond donors (Lipinski definition) is 1. The molecule has 0 radical (unpaired) electrons. The van der Waals surface area contributed by atoms with Crippen molar-refractivity contribution < 1.29 is 13.8 Å². The number of halogens is 1. The molecule has 0 saturated heterocycles. The number of nitrogens with one attached hydrogen (secondary N) is 1. The smallest absolute Gasteiger partial charge is 0.220 e.